The highest BCUT2D eigenvalue weighted by molar-refractivity contribution is 8.04. The lowest BCUT2D eigenvalue weighted by molar-refractivity contribution is 1.51. The average Bonchev–Trinajstić information content (AvgIpc) is 1.81. The molecule has 0 aliphatic rings. The molecule has 0 aliphatic carbocycles. The Morgan fingerprint density at radius 1 is 1.00 bits per heavy atom. The standard InChI is InChI=1S/C2N4S2/c3-1-7-5-6-8-2-4. The minimum Gasteiger partial charge on any atom is -0.183 e. The highest BCUT2D eigenvalue weighted by Gasteiger charge is 1.73. The first kappa shape index (κ1) is 7.28. The average molecular weight is 144 g/mol. The number of hydrogen-bond donors (Lipinski definition) is 0. The van der Waals surface area contributed by atoms with Crippen LogP contribution >= 0.6 is 23.9 Å². The molecule has 4 nitrogen and oxygen atoms in total. The second-order valence-corrected chi connectivity index (χ2v) is 1.59. The first-order valence-electron chi connectivity index (χ1n) is 1.42. The van der Waals surface area contributed by atoms with Crippen LogP contribution in [0.3, 0.4) is 0 Å². The second kappa shape index (κ2) is 6.28. The van der Waals surface area contributed by atoms with Crippen molar-refractivity contribution < 1.29 is 0 Å². The van der Waals surface area contributed by atoms with Crippen LogP contribution in [0.4, 0.5) is 0 Å². The number of rotatable bonds is 2. The van der Waals surface area contributed by atoms with E-state index in [1.807, 2.05) is 0 Å². The van der Waals surface area contributed by atoms with E-state index < -0.39 is 0 Å². The highest BCUT2D eigenvalue weighted by atomic mass is 32.2. The normalized spacial score (nSPS) is 8.25. The monoisotopic (exact) mass is 144 g/mol. The maximum Gasteiger partial charge on any atom is 0.159 e. The third-order valence-electron chi connectivity index (χ3n) is 0.197. The van der Waals surface area contributed by atoms with Crippen molar-refractivity contribution in [3.63, 3.8) is 0 Å². The minimum absolute atomic E-state index is 0.640. The zero-order chi connectivity index (χ0) is 6.24. The summed E-state index contributed by atoms with van der Waals surface area (Å²) < 4.78 is 6.40. The summed E-state index contributed by atoms with van der Waals surface area (Å²) in [4.78, 5) is 0. The van der Waals surface area contributed by atoms with Crippen molar-refractivity contribution in [2.45, 2.75) is 0 Å². The first-order chi connectivity index (χ1) is 3.91. The molecule has 0 saturated heterocycles. The number of nitrogens with zero attached hydrogens (tertiary/aromatic N) is 4. The van der Waals surface area contributed by atoms with Gasteiger partial charge in [-0.3, -0.25) is 0 Å². The summed E-state index contributed by atoms with van der Waals surface area (Å²) in [6.45, 7) is 0. The topological polar surface area (TPSA) is 72.3 Å². The summed E-state index contributed by atoms with van der Waals surface area (Å²) in [6, 6.07) is 0. The minimum atomic E-state index is 0.640. The fraction of sp³-hybridized carbons (Fsp3) is 0. The zero-order valence-electron chi connectivity index (χ0n) is 3.61. The molecule has 8 heavy (non-hydrogen) atoms. The van der Waals surface area contributed by atoms with E-state index in [0.717, 1.165) is 0 Å². The summed E-state index contributed by atoms with van der Waals surface area (Å²) in [5, 5.41) is 19.0. The van der Waals surface area contributed by atoms with E-state index in [4.69, 9.17) is 10.5 Å². The maximum absolute atomic E-state index is 7.83. The fourth-order valence-corrected chi connectivity index (χ4v) is 0.410. The van der Waals surface area contributed by atoms with Gasteiger partial charge < -0.3 is 0 Å². The zero-order valence-corrected chi connectivity index (χ0v) is 5.24. The van der Waals surface area contributed by atoms with Crippen molar-refractivity contribution in [3.8, 4) is 10.8 Å². The van der Waals surface area contributed by atoms with Crippen LogP contribution in [0.15, 0.2) is 9.04 Å². The number of thiocyanates is 2. The van der Waals surface area contributed by atoms with Crippen LogP contribution in [0.1, 0.15) is 0 Å². The molecule has 0 aromatic rings. The predicted molar refractivity (Wildman–Crippen MR) is 31.3 cm³/mol. The van der Waals surface area contributed by atoms with Crippen molar-refractivity contribution >= 4 is 23.9 Å². The van der Waals surface area contributed by atoms with E-state index in [1.54, 1.807) is 10.8 Å². The molecule has 0 saturated carbocycles. The largest absolute Gasteiger partial charge is 0.183 e. The Morgan fingerprint density at radius 2 is 1.38 bits per heavy atom. The molecule has 6 heteroatoms. The van der Waals surface area contributed by atoms with Crippen LogP contribution in [0.5, 0.6) is 0 Å². The molecule has 0 fully saturated rings. The molecule has 0 bridgehead atoms. The van der Waals surface area contributed by atoms with Gasteiger partial charge in [-0.2, -0.15) is 10.5 Å². The number of hydrogen-bond acceptors (Lipinski definition) is 6. The molecule has 40 valence electrons. The van der Waals surface area contributed by atoms with Gasteiger partial charge in [-0.05, 0) is 0 Å². The van der Waals surface area contributed by atoms with Crippen molar-refractivity contribution in [1.82, 2.24) is 0 Å². The van der Waals surface area contributed by atoms with Gasteiger partial charge in [0.2, 0.25) is 0 Å². The molecule has 0 atom stereocenters. The molecular weight excluding hydrogens is 144 g/mol. The van der Waals surface area contributed by atoms with E-state index in [0.29, 0.717) is 23.9 Å². The van der Waals surface area contributed by atoms with Gasteiger partial charge in [0.15, 0.2) is 10.8 Å². The van der Waals surface area contributed by atoms with Gasteiger partial charge in [-0.15, -0.1) is 0 Å². The van der Waals surface area contributed by atoms with Crippen LogP contribution < -0.4 is 0 Å². The third-order valence-corrected chi connectivity index (χ3v) is 0.790. The van der Waals surface area contributed by atoms with E-state index in [1.165, 1.54) is 0 Å². The highest BCUT2D eigenvalue weighted by Crippen LogP contribution is 2.05. The lowest BCUT2D eigenvalue weighted by Crippen LogP contribution is -1.38. The Balaban J connectivity index is 3.14. The lowest BCUT2D eigenvalue weighted by Gasteiger charge is -1.66. The van der Waals surface area contributed by atoms with E-state index >= 15 is 0 Å². The van der Waals surface area contributed by atoms with Gasteiger partial charge in [0.05, 0.1) is 0 Å². The van der Waals surface area contributed by atoms with Gasteiger partial charge in [-0.25, -0.2) is 0 Å². The number of nitriles is 2. The molecule has 0 aromatic heterocycles. The summed E-state index contributed by atoms with van der Waals surface area (Å²) in [5.41, 5.74) is 0. The molecule has 0 aromatic carbocycles. The predicted octanol–water partition coefficient (Wildman–Crippen LogP) is 1.70. The third kappa shape index (κ3) is 5.28. The molecular formula is C2N4S2. The molecule has 0 radical (unpaired) electrons. The SMILES string of the molecule is N#CSN=NSC#N. The Kier molecular flexibility index (Phi) is 5.71. The van der Waals surface area contributed by atoms with Gasteiger partial charge in [0, 0.05) is 0 Å². The maximum atomic E-state index is 7.83. The summed E-state index contributed by atoms with van der Waals surface area (Å²) in [7, 11) is 0. The quantitative estimate of drug-likeness (QED) is 0.336. The summed E-state index contributed by atoms with van der Waals surface area (Å²) in [5.74, 6) is 0. The van der Waals surface area contributed by atoms with Gasteiger partial charge in [0.1, 0.15) is 23.9 Å². The van der Waals surface area contributed by atoms with Crippen LogP contribution in [-0.4, -0.2) is 0 Å². The van der Waals surface area contributed by atoms with Crippen molar-refractivity contribution in [2.24, 2.45) is 9.04 Å². The summed E-state index contributed by atoms with van der Waals surface area (Å²) in [6.07, 6.45) is 0. The Morgan fingerprint density at radius 3 is 1.62 bits per heavy atom. The van der Waals surface area contributed by atoms with Crippen LogP contribution in [0, 0.1) is 21.3 Å². The van der Waals surface area contributed by atoms with E-state index in [9.17, 15) is 0 Å². The Bertz CT molecular complexity index is 132. The molecule has 0 aliphatic heterocycles. The smallest absolute Gasteiger partial charge is 0.159 e. The van der Waals surface area contributed by atoms with E-state index in [-0.39, 0.29) is 0 Å². The van der Waals surface area contributed by atoms with Crippen molar-refractivity contribution in [1.29, 1.82) is 10.5 Å². The molecule has 0 rings (SSSR count). The van der Waals surface area contributed by atoms with Crippen LogP contribution in [-0.2, 0) is 0 Å². The first-order valence-corrected chi connectivity index (χ1v) is 2.97. The fourth-order valence-electron chi connectivity index (χ4n) is 0.0698. The molecule has 0 N–H and O–H groups in total. The molecule has 0 spiro atoms. The molecule has 0 heterocycles. The lowest BCUT2D eigenvalue weighted by atomic mass is 11.8. The van der Waals surface area contributed by atoms with Gasteiger partial charge in [-0.1, -0.05) is 9.04 Å². The molecule has 0 unspecified atom stereocenters. The van der Waals surface area contributed by atoms with Crippen molar-refractivity contribution in [3.05, 3.63) is 0 Å². The summed E-state index contributed by atoms with van der Waals surface area (Å²) >= 11 is 1.28. The molecule has 0 amide bonds. The van der Waals surface area contributed by atoms with E-state index in [2.05, 4.69) is 9.04 Å². The second-order valence-electron chi connectivity index (χ2n) is 0.528. The van der Waals surface area contributed by atoms with Crippen LogP contribution in [0.2, 0.25) is 0 Å². The Labute approximate surface area is 54.9 Å². The Hall–Kier alpha value is -0.720. The van der Waals surface area contributed by atoms with Crippen molar-refractivity contribution in [2.75, 3.05) is 0 Å². The van der Waals surface area contributed by atoms with Gasteiger partial charge in [0.25, 0.3) is 0 Å². The van der Waals surface area contributed by atoms with Crippen LogP contribution in [0.25, 0.3) is 0 Å². The van der Waals surface area contributed by atoms with Gasteiger partial charge >= 0.3 is 0 Å².